The Morgan fingerprint density at radius 2 is 1.67 bits per heavy atom. The molecular formula is C14H18O. The van der Waals surface area contributed by atoms with Gasteiger partial charge < -0.3 is 0 Å². The zero-order valence-corrected chi connectivity index (χ0v) is 9.76. The first-order chi connectivity index (χ1) is 6.99. The zero-order valence-electron chi connectivity index (χ0n) is 9.76. The molecule has 0 atom stereocenters. The Bertz CT molecular complexity index is 368. The molecule has 0 amide bonds. The molecule has 1 aromatic carbocycles. The molecule has 0 bridgehead atoms. The van der Waals surface area contributed by atoms with E-state index in [1.54, 1.807) is 0 Å². The van der Waals surface area contributed by atoms with Crippen molar-refractivity contribution in [2.75, 3.05) is 0 Å². The summed E-state index contributed by atoms with van der Waals surface area (Å²) in [5, 5.41) is 0. The largest absolute Gasteiger partial charge is 0.294 e. The average molecular weight is 202 g/mol. The molecule has 15 heavy (non-hydrogen) atoms. The quantitative estimate of drug-likeness (QED) is 0.535. The van der Waals surface area contributed by atoms with Crippen LogP contribution in [0.1, 0.15) is 41.3 Å². The number of carbonyl (C=O) groups is 1. The van der Waals surface area contributed by atoms with Crippen LogP contribution in [0.3, 0.4) is 0 Å². The molecule has 0 heterocycles. The van der Waals surface area contributed by atoms with Crippen LogP contribution < -0.4 is 0 Å². The second-order valence-corrected chi connectivity index (χ2v) is 4.26. The first-order valence-corrected chi connectivity index (χ1v) is 5.25. The number of rotatable bonds is 4. The molecule has 0 aromatic heterocycles. The minimum absolute atomic E-state index is 0.213. The van der Waals surface area contributed by atoms with Crippen molar-refractivity contribution in [3.63, 3.8) is 0 Å². The van der Waals surface area contributed by atoms with E-state index in [0.29, 0.717) is 6.42 Å². The fourth-order valence-corrected chi connectivity index (χ4v) is 1.61. The third kappa shape index (κ3) is 3.70. The highest BCUT2D eigenvalue weighted by Gasteiger charge is 2.06. The van der Waals surface area contributed by atoms with E-state index in [1.165, 1.54) is 0 Å². The molecule has 0 fully saturated rings. The van der Waals surface area contributed by atoms with Gasteiger partial charge in [-0.15, -0.1) is 6.58 Å². The Kier molecular flexibility index (Phi) is 3.84. The van der Waals surface area contributed by atoms with Crippen LogP contribution in [0.5, 0.6) is 0 Å². The Balaban J connectivity index is 2.77. The molecule has 1 aromatic rings. The third-order valence-electron chi connectivity index (χ3n) is 2.32. The lowest BCUT2D eigenvalue weighted by Gasteiger charge is -2.04. The van der Waals surface area contributed by atoms with E-state index in [0.717, 1.165) is 28.7 Å². The van der Waals surface area contributed by atoms with Crippen LogP contribution in [0, 0.1) is 13.8 Å². The Morgan fingerprint density at radius 3 is 2.13 bits per heavy atom. The SMILES string of the molecule is C=C(C)CCC(=O)c1cc(C)cc(C)c1. The summed E-state index contributed by atoms with van der Waals surface area (Å²) in [6.45, 7) is 9.79. The summed E-state index contributed by atoms with van der Waals surface area (Å²) in [4.78, 5) is 11.8. The summed E-state index contributed by atoms with van der Waals surface area (Å²) in [5.41, 5.74) is 4.18. The molecule has 1 nitrogen and oxygen atoms in total. The van der Waals surface area contributed by atoms with Crippen molar-refractivity contribution >= 4 is 5.78 Å². The smallest absolute Gasteiger partial charge is 0.163 e. The van der Waals surface area contributed by atoms with Crippen LogP contribution in [0.25, 0.3) is 0 Å². The molecule has 1 heteroatoms. The maximum atomic E-state index is 11.8. The summed E-state index contributed by atoms with van der Waals surface area (Å²) in [6, 6.07) is 5.98. The van der Waals surface area contributed by atoms with Crippen molar-refractivity contribution in [2.24, 2.45) is 0 Å². The van der Waals surface area contributed by atoms with Crippen LogP contribution in [0.2, 0.25) is 0 Å². The van der Waals surface area contributed by atoms with Crippen LogP contribution in [-0.4, -0.2) is 5.78 Å². The fourth-order valence-electron chi connectivity index (χ4n) is 1.61. The summed E-state index contributed by atoms with van der Waals surface area (Å²) in [5.74, 6) is 0.213. The average Bonchev–Trinajstić information content (AvgIpc) is 2.12. The Morgan fingerprint density at radius 1 is 1.13 bits per heavy atom. The maximum absolute atomic E-state index is 11.8. The molecule has 0 unspecified atom stereocenters. The number of carbonyl (C=O) groups excluding carboxylic acids is 1. The van der Waals surface area contributed by atoms with E-state index >= 15 is 0 Å². The van der Waals surface area contributed by atoms with Crippen molar-refractivity contribution in [3.8, 4) is 0 Å². The van der Waals surface area contributed by atoms with Crippen molar-refractivity contribution in [1.29, 1.82) is 0 Å². The lowest BCUT2D eigenvalue weighted by atomic mass is 10.0. The predicted molar refractivity (Wildman–Crippen MR) is 64.3 cm³/mol. The van der Waals surface area contributed by atoms with Crippen molar-refractivity contribution in [1.82, 2.24) is 0 Å². The van der Waals surface area contributed by atoms with E-state index in [4.69, 9.17) is 0 Å². The van der Waals surface area contributed by atoms with Gasteiger partial charge >= 0.3 is 0 Å². The van der Waals surface area contributed by atoms with Gasteiger partial charge in [0.15, 0.2) is 5.78 Å². The topological polar surface area (TPSA) is 17.1 Å². The van der Waals surface area contributed by atoms with Crippen molar-refractivity contribution in [3.05, 3.63) is 47.0 Å². The van der Waals surface area contributed by atoms with Gasteiger partial charge in [0.05, 0.1) is 0 Å². The minimum Gasteiger partial charge on any atom is -0.294 e. The lowest BCUT2D eigenvalue weighted by Crippen LogP contribution is -2.00. The highest BCUT2D eigenvalue weighted by Crippen LogP contribution is 2.13. The molecule has 0 aliphatic rings. The number of allylic oxidation sites excluding steroid dienone is 1. The first-order valence-electron chi connectivity index (χ1n) is 5.25. The van der Waals surface area contributed by atoms with Gasteiger partial charge in [-0.3, -0.25) is 4.79 Å². The Labute approximate surface area is 91.8 Å². The van der Waals surface area contributed by atoms with Crippen molar-refractivity contribution in [2.45, 2.75) is 33.6 Å². The molecule has 0 aliphatic heterocycles. The van der Waals surface area contributed by atoms with Crippen molar-refractivity contribution < 1.29 is 4.79 Å². The second kappa shape index (κ2) is 4.92. The van der Waals surface area contributed by atoms with E-state index in [-0.39, 0.29) is 5.78 Å². The molecular weight excluding hydrogens is 184 g/mol. The lowest BCUT2D eigenvalue weighted by molar-refractivity contribution is 0.0982. The van der Waals surface area contributed by atoms with E-state index in [9.17, 15) is 4.79 Å². The summed E-state index contributed by atoms with van der Waals surface area (Å²) in [7, 11) is 0. The molecule has 0 radical (unpaired) electrons. The van der Waals surface area contributed by atoms with Crippen LogP contribution in [0.4, 0.5) is 0 Å². The Hall–Kier alpha value is -1.37. The summed E-state index contributed by atoms with van der Waals surface area (Å²) in [6.07, 6.45) is 1.35. The van der Waals surface area contributed by atoms with E-state index in [1.807, 2.05) is 32.9 Å². The second-order valence-electron chi connectivity index (χ2n) is 4.26. The monoisotopic (exact) mass is 202 g/mol. The summed E-state index contributed by atoms with van der Waals surface area (Å²) < 4.78 is 0. The van der Waals surface area contributed by atoms with Crippen LogP contribution in [0.15, 0.2) is 30.4 Å². The first kappa shape index (κ1) is 11.7. The van der Waals surface area contributed by atoms with Gasteiger partial charge in [0.25, 0.3) is 0 Å². The molecule has 0 saturated heterocycles. The molecule has 80 valence electrons. The molecule has 0 spiro atoms. The van der Waals surface area contributed by atoms with Crippen LogP contribution in [-0.2, 0) is 0 Å². The van der Waals surface area contributed by atoms with Gasteiger partial charge in [-0.2, -0.15) is 0 Å². The van der Waals surface area contributed by atoms with Gasteiger partial charge in [0, 0.05) is 12.0 Å². The minimum atomic E-state index is 0.213. The van der Waals surface area contributed by atoms with Gasteiger partial charge in [-0.1, -0.05) is 22.8 Å². The number of hydrogen-bond acceptors (Lipinski definition) is 1. The van der Waals surface area contributed by atoms with Crippen LogP contribution >= 0.6 is 0 Å². The standard InChI is InChI=1S/C14H18O/c1-10(2)5-6-14(15)13-8-11(3)7-12(4)9-13/h7-9H,1,5-6H2,2-4H3. The third-order valence-corrected chi connectivity index (χ3v) is 2.32. The number of ketones is 1. The number of aryl methyl sites for hydroxylation is 2. The number of benzene rings is 1. The van der Waals surface area contributed by atoms with Gasteiger partial charge in [-0.25, -0.2) is 0 Å². The molecule has 0 saturated carbocycles. The van der Waals surface area contributed by atoms with E-state index in [2.05, 4.69) is 12.6 Å². The number of Topliss-reactive ketones (excluding diaryl/α,β-unsaturated/α-hetero) is 1. The highest BCUT2D eigenvalue weighted by atomic mass is 16.1. The normalized spacial score (nSPS) is 10.1. The molecule has 0 N–H and O–H groups in total. The van der Waals surface area contributed by atoms with Gasteiger partial charge in [0.2, 0.25) is 0 Å². The molecule has 1 rings (SSSR count). The molecule has 0 aliphatic carbocycles. The predicted octanol–water partition coefficient (Wildman–Crippen LogP) is 3.84. The highest BCUT2D eigenvalue weighted by molar-refractivity contribution is 5.96. The van der Waals surface area contributed by atoms with E-state index < -0.39 is 0 Å². The maximum Gasteiger partial charge on any atom is 0.163 e. The van der Waals surface area contributed by atoms with Gasteiger partial charge in [-0.05, 0) is 39.3 Å². The fraction of sp³-hybridized carbons (Fsp3) is 0.357. The summed E-state index contributed by atoms with van der Waals surface area (Å²) >= 11 is 0. The van der Waals surface area contributed by atoms with Gasteiger partial charge in [0.1, 0.15) is 0 Å². The zero-order chi connectivity index (χ0) is 11.4. The number of hydrogen-bond donors (Lipinski definition) is 0.